The summed E-state index contributed by atoms with van der Waals surface area (Å²) in [5, 5.41) is 10.5. The third kappa shape index (κ3) is 2.41. The first kappa shape index (κ1) is 15.3. The van der Waals surface area contributed by atoms with E-state index in [1.165, 1.54) is 0 Å². The van der Waals surface area contributed by atoms with Gasteiger partial charge in [0.25, 0.3) is 5.91 Å². The van der Waals surface area contributed by atoms with Crippen LogP contribution < -0.4 is 4.90 Å². The molecule has 5 heteroatoms. The number of hydrogen-bond donors (Lipinski definition) is 1. The van der Waals surface area contributed by atoms with Crippen molar-refractivity contribution in [3.8, 4) is 0 Å². The average molecular weight is 328 g/mol. The summed E-state index contributed by atoms with van der Waals surface area (Å²) in [6.45, 7) is 3.77. The van der Waals surface area contributed by atoms with Crippen LogP contribution in [-0.2, 0) is 9.59 Å². The zero-order valence-corrected chi connectivity index (χ0v) is 13.4. The number of para-hydroxylation sites is 1. The molecule has 1 N–H and O–H groups in total. The Kier molecular flexibility index (Phi) is 3.70. The highest BCUT2D eigenvalue weighted by atomic mass is 35.5. The quantitative estimate of drug-likeness (QED) is 0.853. The van der Waals surface area contributed by atoms with E-state index in [2.05, 4.69) is 0 Å². The average Bonchev–Trinajstić information content (AvgIpc) is 2.71. The minimum Gasteiger partial charge on any atom is -0.502 e. The molecule has 2 aromatic rings. The van der Waals surface area contributed by atoms with Crippen molar-refractivity contribution in [2.75, 3.05) is 4.90 Å². The summed E-state index contributed by atoms with van der Waals surface area (Å²) >= 11 is 6.08. The predicted molar refractivity (Wildman–Crippen MR) is 89.4 cm³/mol. The number of imide groups is 1. The Labute approximate surface area is 138 Å². The third-order valence-electron chi connectivity index (χ3n) is 3.80. The van der Waals surface area contributed by atoms with Crippen LogP contribution in [0.5, 0.6) is 0 Å². The molecule has 0 spiro atoms. The van der Waals surface area contributed by atoms with Crippen molar-refractivity contribution in [1.29, 1.82) is 0 Å². The zero-order chi connectivity index (χ0) is 16.7. The summed E-state index contributed by atoms with van der Waals surface area (Å²) in [7, 11) is 0. The number of hydrogen-bond acceptors (Lipinski definition) is 3. The normalized spacial score (nSPS) is 14.8. The molecular formula is C18H14ClNO3. The van der Waals surface area contributed by atoms with E-state index in [0.717, 1.165) is 16.0 Å². The second-order valence-corrected chi connectivity index (χ2v) is 5.85. The highest BCUT2D eigenvalue weighted by molar-refractivity contribution is 6.47. The predicted octanol–water partition coefficient (Wildman–Crippen LogP) is 3.80. The highest BCUT2D eigenvalue weighted by Gasteiger charge is 2.41. The molecular weight excluding hydrogens is 314 g/mol. The van der Waals surface area contributed by atoms with Crippen LogP contribution in [0.25, 0.3) is 5.57 Å². The van der Waals surface area contributed by atoms with Crippen LogP contribution in [0.15, 0.2) is 48.2 Å². The van der Waals surface area contributed by atoms with Gasteiger partial charge in [-0.15, -0.1) is 0 Å². The summed E-state index contributed by atoms with van der Waals surface area (Å²) in [5.41, 5.74) is 2.66. The minimum absolute atomic E-state index is 0.00687. The standard InChI is InChI=1S/C18H14ClNO3/c1-10-7-8-12(11(2)9-10)15-16(21)18(23)20(17(15)22)14-6-4-3-5-13(14)19/h3-9,21H,1-2H3. The van der Waals surface area contributed by atoms with Gasteiger partial charge in [0.2, 0.25) is 0 Å². The molecule has 0 saturated heterocycles. The molecule has 1 aliphatic heterocycles. The Morgan fingerprint density at radius 3 is 2.35 bits per heavy atom. The van der Waals surface area contributed by atoms with Crippen LogP contribution in [0.1, 0.15) is 16.7 Å². The van der Waals surface area contributed by atoms with Crippen molar-refractivity contribution in [1.82, 2.24) is 0 Å². The van der Waals surface area contributed by atoms with Gasteiger partial charge in [-0.1, -0.05) is 47.5 Å². The lowest BCUT2D eigenvalue weighted by Gasteiger charge is -2.16. The van der Waals surface area contributed by atoms with Gasteiger partial charge in [0.15, 0.2) is 5.76 Å². The third-order valence-corrected chi connectivity index (χ3v) is 4.12. The van der Waals surface area contributed by atoms with E-state index < -0.39 is 17.6 Å². The zero-order valence-electron chi connectivity index (χ0n) is 12.6. The molecule has 2 aromatic carbocycles. The van der Waals surface area contributed by atoms with E-state index >= 15 is 0 Å². The lowest BCUT2D eigenvalue weighted by atomic mass is 9.98. The van der Waals surface area contributed by atoms with Gasteiger partial charge in [-0.25, -0.2) is 4.90 Å². The Hall–Kier alpha value is -2.59. The summed E-state index contributed by atoms with van der Waals surface area (Å²) in [6, 6.07) is 12.0. The Morgan fingerprint density at radius 2 is 1.70 bits per heavy atom. The molecule has 0 radical (unpaired) electrons. The van der Waals surface area contributed by atoms with E-state index in [9.17, 15) is 14.7 Å². The number of aliphatic hydroxyl groups is 1. The fraction of sp³-hybridized carbons (Fsp3) is 0.111. The maximum atomic E-state index is 12.7. The lowest BCUT2D eigenvalue weighted by molar-refractivity contribution is -0.121. The molecule has 1 heterocycles. The largest absolute Gasteiger partial charge is 0.502 e. The molecule has 4 nitrogen and oxygen atoms in total. The van der Waals surface area contributed by atoms with Crippen LogP contribution in [0, 0.1) is 13.8 Å². The van der Waals surface area contributed by atoms with Gasteiger partial charge in [-0.3, -0.25) is 9.59 Å². The molecule has 2 amide bonds. The van der Waals surface area contributed by atoms with Crippen LogP contribution in [0.3, 0.4) is 0 Å². The van der Waals surface area contributed by atoms with Crippen LogP contribution in [-0.4, -0.2) is 16.9 Å². The van der Waals surface area contributed by atoms with Gasteiger partial charge < -0.3 is 5.11 Å². The number of amides is 2. The topological polar surface area (TPSA) is 57.6 Å². The first-order valence-electron chi connectivity index (χ1n) is 7.06. The van der Waals surface area contributed by atoms with Crippen molar-refractivity contribution >= 4 is 34.7 Å². The summed E-state index contributed by atoms with van der Waals surface area (Å²) in [6.07, 6.45) is 0. The van der Waals surface area contributed by atoms with E-state index in [4.69, 9.17) is 11.6 Å². The van der Waals surface area contributed by atoms with Gasteiger partial charge >= 0.3 is 5.91 Å². The number of carbonyl (C=O) groups excluding carboxylic acids is 2. The number of anilines is 1. The molecule has 0 saturated carbocycles. The van der Waals surface area contributed by atoms with Crippen molar-refractivity contribution < 1.29 is 14.7 Å². The summed E-state index contributed by atoms with van der Waals surface area (Å²) < 4.78 is 0. The molecule has 0 aliphatic carbocycles. The smallest absolute Gasteiger partial charge is 0.301 e. The number of aliphatic hydroxyl groups excluding tert-OH is 1. The van der Waals surface area contributed by atoms with E-state index in [0.29, 0.717) is 5.56 Å². The number of rotatable bonds is 2. The number of halogens is 1. The van der Waals surface area contributed by atoms with E-state index in [1.54, 1.807) is 30.3 Å². The van der Waals surface area contributed by atoms with Crippen molar-refractivity contribution in [2.45, 2.75) is 13.8 Å². The summed E-state index contributed by atoms with van der Waals surface area (Å²) in [4.78, 5) is 26.0. The van der Waals surface area contributed by atoms with Crippen molar-refractivity contribution in [2.24, 2.45) is 0 Å². The minimum atomic E-state index is -0.766. The Morgan fingerprint density at radius 1 is 1.00 bits per heavy atom. The maximum absolute atomic E-state index is 12.7. The van der Waals surface area contributed by atoms with Gasteiger partial charge in [0.1, 0.15) is 0 Å². The monoisotopic (exact) mass is 327 g/mol. The van der Waals surface area contributed by atoms with E-state index in [1.807, 2.05) is 26.0 Å². The van der Waals surface area contributed by atoms with Crippen molar-refractivity contribution in [3.63, 3.8) is 0 Å². The second kappa shape index (κ2) is 5.56. The van der Waals surface area contributed by atoms with Gasteiger partial charge in [0.05, 0.1) is 16.3 Å². The molecule has 0 aromatic heterocycles. The highest BCUT2D eigenvalue weighted by Crippen LogP contribution is 2.36. The molecule has 0 bridgehead atoms. The SMILES string of the molecule is Cc1ccc(C2=C(O)C(=O)N(c3ccccc3Cl)C2=O)c(C)c1. The molecule has 0 atom stereocenters. The summed E-state index contributed by atoms with van der Waals surface area (Å²) in [5.74, 6) is -1.90. The molecule has 116 valence electrons. The first-order valence-corrected chi connectivity index (χ1v) is 7.44. The number of nitrogens with zero attached hydrogens (tertiary/aromatic N) is 1. The van der Waals surface area contributed by atoms with Crippen LogP contribution in [0.2, 0.25) is 5.02 Å². The molecule has 23 heavy (non-hydrogen) atoms. The molecule has 0 fully saturated rings. The first-order chi connectivity index (χ1) is 10.9. The van der Waals surface area contributed by atoms with Crippen molar-refractivity contribution in [3.05, 3.63) is 69.9 Å². The lowest BCUT2D eigenvalue weighted by Crippen LogP contribution is -2.31. The fourth-order valence-corrected chi connectivity index (χ4v) is 2.93. The maximum Gasteiger partial charge on any atom is 0.301 e. The molecule has 1 aliphatic rings. The second-order valence-electron chi connectivity index (χ2n) is 5.44. The molecule has 3 rings (SSSR count). The Balaban J connectivity index is 2.12. The van der Waals surface area contributed by atoms with Gasteiger partial charge in [-0.05, 0) is 37.1 Å². The van der Waals surface area contributed by atoms with Crippen LogP contribution >= 0.6 is 11.6 Å². The molecule has 0 unspecified atom stereocenters. The fourth-order valence-electron chi connectivity index (χ4n) is 2.71. The van der Waals surface area contributed by atoms with Gasteiger partial charge in [-0.2, -0.15) is 0 Å². The van der Waals surface area contributed by atoms with Crippen LogP contribution in [0.4, 0.5) is 5.69 Å². The number of aryl methyl sites for hydroxylation is 2. The van der Waals surface area contributed by atoms with E-state index in [-0.39, 0.29) is 16.3 Å². The number of carbonyl (C=O) groups is 2. The Bertz CT molecular complexity index is 870. The number of benzene rings is 2. The van der Waals surface area contributed by atoms with Gasteiger partial charge in [0, 0.05) is 0 Å².